The summed E-state index contributed by atoms with van der Waals surface area (Å²) >= 11 is 0. The number of carbonyl (C=O) groups excluding carboxylic acids is 1. The van der Waals surface area contributed by atoms with Crippen LogP contribution in [-0.4, -0.2) is 15.7 Å². The smallest absolute Gasteiger partial charge is 0.269 e. The second-order valence-electron chi connectivity index (χ2n) is 4.84. The van der Waals surface area contributed by atoms with Crippen LogP contribution >= 0.6 is 0 Å². The van der Waals surface area contributed by atoms with Crippen LogP contribution in [0.1, 0.15) is 16.1 Å². The molecule has 1 aromatic heterocycles. The number of non-ortho nitro benzene ring substituents is 1. The van der Waals surface area contributed by atoms with Crippen molar-refractivity contribution in [3.8, 4) is 5.75 Å². The fourth-order valence-electron chi connectivity index (χ4n) is 2.29. The van der Waals surface area contributed by atoms with Gasteiger partial charge in [-0.2, -0.15) is 0 Å². The van der Waals surface area contributed by atoms with Crippen molar-refractivity contribution in [3.63, 3.8) is 0 Å². The van der Waals surface area contributed by atoms with Crippen molar-refractivity contribution >= 4 is 22.2 Å². The van der Waals surface area contributed by atoms with Gasteiger partial charge in [-0.25, -0.2) is 0 Å². The minimum absolute atomic E-state index is 0.0821. The van der Waals surface area contributed by atoms with Crippen molar-refractivity contribution < 1.29 is 14.8 Å². The molecule has 0 aliphatic rings. The van der Waals surface area contributed by atoms with E-state index in [1.807, 2.05) is 0 Å². The van der Waals surface area contributed by atoms with E-state index in [0.29, 0.717) is 0 Å². The third kappa shape index (κ3) is 2.44. The number of carbonyl (C=O) groups is 1. The quantitative estimate of drug-likeness (QED) is 0.449. The first-order valence-corrected chi connectivity index (χ1v) is 6.60. The predicted octanol–water partition coefficient (Wildman–Crippen LogP) is 1.74. The summed E-state index contributed by atoms with van der Waals surface area (Å²) in [7, 11) is 0. The van der Waals surface area contributed by atoms with E-state index in [1.54, 1.807) is 12.1 Å². The van der Waals surface area contributed by atoms with Gasteiger partial charge >= 0.3 is 0 Å². The zero-order valence-corrected chi connectivity index (χ0v) is 11.6. The van der Waals surface area contributed by atoms with E-state index in [2.05, 4.69) is 4.98 Å². The SMILES string of the molecule is O=C(c1ccc([N+](=O)[O-])cc1)c1[nH]c(=O)c2ccccc2c1[O-]. The highest BCUT2D eigenvalue weighted by molar-refractivity contribution is 6.11. The molecule has 114 valence electrons. The zero-order valence-electron chi connectivity index (χ0n) is 11.6. The van der Waals surface area contributed by atoms with Crippen LogP contribution < -0.4 is 10.7 Å². The minimum atomic E-state index is -0.687. The topological polar surface area (TPSA) is 116 Å². The molecule has 0 aliphatic carbocycles. The molecule has 7 heteroatoms. The van der Waals surface area contributed by atoms with Crippen LogP contribution in [0.15, 0.2) is 53.3 Å². The molecule has 0 fully saturated rings. The standard InChI is InChI=1S/C16H10N2O5/c19-14(9-5-7-10(8-6-9)18(22)23)13-15(20)11-3-1-2-4-12(11)16(21)17-13/h1-8,20H,(H,17,21)/p-1. The molecule has 0 saturated heterocycles. The lowest BCUT2D eigenvalue weighted by molar-refractivity contribution is -0.384. The highest BCUT2D eigenvalue weighted by atomic mass is 16.6. The molecule has 23 heavy (non-hydrogen) atoms. The highest BCUT2D eigenvalue weighted by Gasteiger charge is 2.15. The van der Waals surface area contributed by atoms with Gasteiger partial charge in [-0.3, -0.25) is 19.7 Å². The Morgan fingerprint density at radius 3 is 2.22 bits per heavy atom. The van der Waals surface area contributed by atoms with Gasteiger partial charge in [0.15, 0.2) is 0 Å². The highest BCUT2D eigenvalue weighted by Crippen LogP contribution is 2.24. The summed E-state index contributed by atoms with van der Waals surface area (Å²) in [5, 5.41) is 23.4. The summed E-state index contributed by atoms with van der Waals surface area (Å²) in [4.78, 5) is 36.7. The Morgan fingerprint density at radius 1 is 1.00 bits per heavy atom. The first kappa shape index (κ1) is 14.5. The van der Waals surface area contributed by atoms with Gasteiger partial charge < -0.3 is 10.1 Å². The maximum Gasteiger partial charge on any atom is 0.269 e. The molecule has 1 N–H and O–H groups in total. The fourth-order valence-corrected chi connectivity index (χ4v) is 2.29. The molecule has 0 bridgehead atoms. The Hall–Kier alpha value is -3.48. The monoisotopic (exact) mass is 309 g/mol. The van der Waals surface area contributed by atoms with Crippen LogP contribution in [0.4, 0.5) is 5.69 Å². The molecule has 7 nitrogen and oxygen atoms in total. The van der Waals surface area contributed by atoms with Crippen LogP contribution in [-0.2, 0) is 0 Å². The molecule has 0 radical (unpaired) electrons. The molecule has 0 amide bonds. The molecule has 0 atom stereocenters. The average molecular weight is 309 g/mol. The maximum absolute atomic E-state index is 12.4. The first-order chi connectivity index (χ1) is 11.0. The van der Waals surface area contributed by atoms with E-state index in [0.717, 1.165) is 12.1 Å². The predicted molar refractivity (Wildman–Crippen MR) is 80.5 cm³/mol. The molecule has 0 spiro atoms. The summed E-state index contributed by atoms with van der Waals surface area (Å²) in [5.41, 5.74) is -0.984. The lowest BCUT2D eigenvalue weighted by atomic mass is 10.0. The number of nitrogens with one attached hydrogen (secondary N) is 1. The van der Waals surface area contributed by atoms with Gasteiger partial charge in [0, 0.05) is 23.1 Å². The van der Waals surface area contributed by atoms with Crippen LogP contribution in [0.5, 0.6) is 5.75 Å². The third-order valence-electron chi connectivity index (χ3n) is 3.45. The zero-order chi connectivity index (χ0) is 16.6. The summed E-state index contributed by atoms with van der Waals surface area (Å²) in [6.07, 6.45) is 0. The van der Waals surface area contributed by atoms with E-state index in [-0.39, 0.29) is 27.7 Å². The average Bonchev–Trinajstić information content (AvgIpc) is 2.57. The number of fused-ring (bicyclic) bond motifs is 1. The van der Waals surface area contributed by atoms with Gasteiger partial charge in [-0.05, 0) is 23.6 Å². The van der Waals surface area contributed by atoms with Crippen LogP contribution in [0.25, 0.3) is 10.8 Å². The molecule has 3 aromatic rings. The Balaban J connectivity index is 2.13. The number of hydrogen-bond donors (Lipinski definition) is 1. The first-order valence-electron chi connectivity index (χ1n) is 6.60. The third-order valence-corrected chi connectivity index (χ3v) is 3.45. The number of aromatic nitrogens is 1. The van der Waals surface area contributed by atoms with E-state index < -0.39 is 22.0 Å². The Bertz CT molecular complexity index is 990. The van der Waals surface area contributed by atoms with Crippen LogP contribution in [0, 0.1) is 10.1 Å². The molecule has 1 heterocycles. The fraction of sp³-hybridized carbons (Fsp3) is 0. The van der Waals surface area contributed by atoms with E-state index in [9.17, 15) is 24.8 Å². The molecule has 2 aromatic carbocycles. The molecule has 0 aliphatic heterocycles. The molecule has 0 unspecified atom stereocenters. The maximum atomic E-state index is 12.4. The summed E-state index contributed by atoms with van der Waals surface area (Å²) in [6, 6.07) is 11.0. The van der Waals surface area contributed by atoms with E-state index in [1.165, 1.54) is 24.3 Å². The van der Waals surface area contributed by atoms with Crippen molar-refractivity contribution in [2.75, 3.05) is 0 Å². The number of aromatic amines is 1. The summed E-state index contributed by atoms with van der Waals surface area (Å²) in [6.45, 7) is 0. The lowest BCUT2D eigenvalue weighted by Gasteiger charge is -2.15. The van der Waals surface area contributed by atoms with Crippen molar-refractivity contribution in [2.24, 2.45) is 0 Å². The van der Waals surface area contributed by atoms with E-state index >= 15 is 0 Å². The van der Waals surface area contributed by atoms with Gasteiger partial charge in [-0.1, -0.05) is 23.9 Å². The molecule has 0 saturated carbocycles. The van der Waals surface area contributed by atoms with Gasteiger partial charge in [0.25, 0.3) is 11.2 Å². The van der Waals surface area contributed by atoms with Gasteiger partial charge in [-0.15, -0.1) is 0 Å². The van der Waals surface area contributed by atoms with Crippen LogP contribution in [0.3, 0.4) is 0 Å². The number of pyridine rings is 1. The normalized spacial score (nSPS) is 10.6. The molecular formula is C16H9N2O5-. The number of rotatable bonds is 3. The number of hydrogen-bond acceptors (Lipinski definition) is 5. The largest absolute Gasteiger partial charge is 0.871 e. The van der Waals surface area contributed by atoms with Crippen molar-refractivity contribution in [2.45, 2.75) is 0 Å². The second kappa shape index (κ2) is 5.38. The van der Waals surface area contributed by atoms with Crippen molar-refractivity contribution in [3.05, 3.63) is 80.3 Å². The number of nitro benzene ring substituents is 1. The summed E-state index contributed by atoms with van der Waals surface area (Å²) in [5.74, 6) is -1.27. The van der Waals surface area contributed by atoms with Gasteiger partial charge in [0.2, 0.25) is 5.78 Å². The minimum Gasteiger partial charge on any atom is -0.871 e. The number of nitro groups is 1. The van der Waals surface area contributed by atoms with Gasteiger partial charge in [0.1, 0.15) is 0 Å². The molecule has 3 rings (SSSR count). The van der Waals surface area contributed by atoms with E-state index in [4.69, 9.17) is 0 Å². The second-order valence-corrected chi connectivity index (χ2v) is 4.84. The number of nitrogens with zero attached hydrogens (tertiary/aromatic N) is 1. The van der Waals surface area contributed by atoms with Gasteiger partial charge in [0.05, 0.1) is 10.6 Å². The van der Waals surface area contributed by atoms with Crippen molar-refractivity contribution in [1.29, 1.82) is 0 Å². The number of benzene rings is 2. The Morgan fingerprint density at radius 2 is 1.61 bits per heavy atom. The van der Waals surface area contributed by atoms with Crippen molar-refractivity contribution in [1.82, 2.24) is 4.98 Å². The number of H-pyrrole nitrogens is 1. The van der Waals surface area contributed by atoms with Crippen LogP contribution in [0.2, 0.25) is 0 Å². The lowest BCUT2D eigenvalue weighted by Crippen LogP contribution is -2.17. The molecular weight excluding hydrogens is 300 g/mol. The summed E-state index contributed by atoms with van der Waals surface area (Å²) < 4.78 is 0. The Labute approximate surface area is 129 Å². The number of ketones is 1. The Kier molecular flexibility index (Phi) is 3.38.